The molecule has 2 aromatic rings. The number of carboxylic acid groups (broad SMARTS) is 1. The van der Waals surface area contributed by atoms with E-state index in [0.717, 1.165) is 17.0 Å². The second kappa shape index (κ2) is 5.61. The Morgan fingerprint density at radius 3 is 2.88 bits per heavy atom. The van der Waals surface area contributed by atoms with Gasteiger partial charge in [0, 0.05) is 43.7 Å². The van der Waals surface area contributed by atoms with Gasteiger partial charge in [0.05, 0.1) is 24.5 Å². The van der Waals surface area contributed by atoms with Gasteiger partial charge in [-0.3, -0.25) is 14.6 Å². The predicted molar refractivity (Wildman–Crippen MR) is 87.3 cm³/mol. The highest BCUT2D eigenvalue weighted by atomic mass is 16.4. The molecule has 1 unspecified atom stereocenters. The maximum atomic E-state index is 12.9. The fourth-order valence-corrected chi connectivity index (χ4v) is 3.77. The number of carbonyl (C=O) groups excluding carboxylic acids is 1. The summed E-state index contributed by atoms with van der Waals surface area (Å²) in [7, 11) is 1.76. The fraction of sp³-hybridized carbons (Fsp3) is 0.500. The third-order valence-corrected chi connectivity index (χ3v) is 5.11. The summed E-state index contributed by atoms with van der Waals surface area (Å²) in [6, 6.07) is 1.75. The number of aromatic amines is 1. The van der Waals surface area contributed by atoms with E-state index in [2.05, 4.69) is 15.3 Å². The lowest BCUT2D eigenvalue weighted by Crippen LogP contribution is -2.42. The number of H-pyrrole nitrogens is 1. The van der Waals surface area contributed by atoms with E-state index >= 15 is 0 Å². The summed E-state index contributed by atoms with van der Waals surface area (Å²) in [5, 5.41) is 21.1. The average molecular weight is 344 g/mol. The maximum absolute atomic E-state index is 12.9. The SMILES string of the molecule is C[C@@H]1Cc2nn3c(c2CN1C(=O)O)C(=O)N(C)CC(c1cc[nH]n1)C3. The number of fused-ring (bicyclic) bond motifs is 3. The summed E-state index contributed by atoms with van der Waals surface area (Å²) < 4.78 is 1.74. The molecule has 2 aliphatic heterocycles. The van der Waals surface area contributed by atoms with Crippen molar-refractivity contribution in [1.82, 2.24) is 29.8 Å². The summed E-state index contributed by atoms with van der Waals surface area (Å²) >= 11 is 0. The van der Waals surface area contributed by atoms with Gasteiger partial charge in [0.2, 0.25) is 0 Å². The molecule has 9 heteroatoms. The molecule has 0 aromatic carbocycles. The van der Waals surface area contributed by atoms with E-state index in [0.29, 0.717) is 25.2 Å². The molecule has 2 amide bonds. The molecule has 2 N–H and O–H groups in total. The Morgan fingerprint density at radius 1 is 1.40 bits per heavy atom. The molecule has 25 heavy (non-hydrogen) atoms. The van der Waals surface area contributed by atoms with Crippen LogP contribution >= 0.6 is 0 Å². The van der Waals surface area contributed by atoms with Crippen LogP contribution in [0.4, 0.5) is 4.79 Å². The zero-order valence-electron chi connectivity index (χ0n) is 14.1. The van der Waals surface area contributed by atoms with Crippen molar-refractivity contribution in [2.75, 3.05) is 13.6 Å². The number of nitrogens with zero attached hydrogens (tertiary/aromatic N) is 5. The lowest BCUT2D eigenvalue weighted by Gasteiger charge is -2.30. The van der Waals surface area contributed by atoms with Crippen molar-refractivity contribution < 1.29 is 14.7 Å². The summed E-state index contributed by atoms with van der Waals surface area (Å²) in [5.41, 5.74) is 2.96. The van der Waals surface area contributed by atoms with E-state index < -0.39 is 6.09 Å². The summed E-state index contributed by atoms with van der Waals surface area (Å²) in [5.74, 6) is -0.0810. The van der Waals surface area contributed by atoms with Gasteiger partial charge in [-0.25, -0.2) is 4.79 Å². The number of carbonyl (C=O) groups is 2. The molecule has 9 nitrogen and oxygen atoms in total. The number of nitrogens with one attached hydrogen (secondary N) is 1. The lowest BCUT2D eigenvalue weighted by atomic mass is 10.00. The van der Waals surface area contributed by atoms with Crippen LogP contribution in [-0.2, 0) is 19.5 Å². The third kappa shape index (κ3) is 2.46. The van der Waals surface area contributed by atoms with Crippen molar-refractivity contribution in [3.63, 3.8) is 0 Å². The Kier molecular flexibility index (Phi) is 3.52. The van der Waals surface area contributed by atoms with Gasteiger partial charge < -0.3 is 14.9 Å². The normalized spacial score (nSPS) is 23.2. The van der Waals surface area contributed by atoms with E-state index in [1.165, 1.54) is 4.90 Å². The van der Waals surface area contributed by atoms with Gasteiger partial charge in [0.25, 0.3) is 5.91 Å². The molecule has 132 valence electrons. The number of amides is 2. The Balaban J connectivity index is 1.77. The first-order valence-corrected chi connectivity index (χ1v) is 8.29. The molecular weight excluding hydrogens is 324 g/mol. The lowest BCUT2D eigenvalue weighted by molar-refractivity contribution is 0.0784. The minimum absolute atomic E-state index is 0.0378. The van der Waals surface area contributed by atoms with Gasteiger partial charge >= 0.3 is 6.09 Å². The molecule has 4 heterocycles. The molecule has 2 aliphatic rings. The van der Waals surface area contributed by atoms with E-state index in [-0.39, 0.29) is 24.4 Å². The van der Waals surface area contributed by atoms with Crippen LogP contribution in [0.3, 0.4) is 0 Å². The van der Waals surface area contributed by atoms with Crippen molar-refractivity contribution in [2.24, 2.45) is 0 Å². The van der Waals surface area contributed by atoms with Crippen LogP contribution in [0.2, 0.25) is 0 Å². The van der Waals surface area contributed by atoms with Gasteiger partial charge in [-0.1, -0.05) is 0 Å². The summed E-state index contributed by atoms with van der Waals surface area (Å²) in [4.78, 5) is 27.4. The van der Waals surface area contributed by atoms with Crippen LogP contribution in [0.15, 0.2) is 12.3 Å². The average Bonchev–Trinajstić information content (AvgIpc) is 3.17. The largest absolute Gasteiger partial charge is 0.465 e. The number of likely N-dealkylation sites (N-methyl/N-ethyl adjacent to an activating group) is 1. The van der Waals surface area contributed by atoms with Crippen LogP contribution in [0.1, 0.15) is 40.3 Å². The third-order valence-electron chi connectivity index (χ3n) is 5.11. The molecule has 0 bridgehead atoms. The van der Waals surface area contributed by atoms with Gasteiger partial charge in [0.1, 0.15) is 5.69 Å². The number of aromatic nitrogens is 4. The molecule has 0 fully saturated rings. The molecule has 2 atom stereocenters. The molecule has 0 radical (unpaired) electrons. The highest BCUT2D eigenvalue weighted by Gasteiger charge is 2.37. The number of hydrogen-bond acceptors (Lipinski definition) is 4. The first-order chi connectivity index (χ1) is 12.0. The van der Waals surface area contributed by atoms with Gasteiger partial charge in [-0.15, -0.1) is 0 Å². The molecular formula is C16H20N6O3. The zero-order valence-corrected chi connectivity index (χ0v) is 14.1. The van der Waals surface area contributed by atoms with Crippen LogP contribution < -0.4 is 0 Å². The molecule has 0 saturated heterocycles. The maximum Gasteiger partial charge on any atom is 0.407 e. The van der Waals surface area contributed by atoms with E-state index in [1.807, 2.05) is 13.0 Å². The minimum Gasteiger partial charge on any atom is -0.465 e. The monoisotopic (exact) mass is 344 g/mol. The van der Waals surface area contributed by atoms with E-state index in [4.69, 9.17) is 0 Å². The Hall–Kier alpha value is -2.84. The summed E-state index contributed by atoms with van der Waals surface area (Å²) in [6.07, 6.45) is 1.32. The van der Waals surface area contributed by atoms with Crippen LogP contribution in [0.5, 0.6) is 0 Å². The van der Waals surface area contributed by atoms with Gasteiger partial charge in [0.15, 0.2) is 0 Å². The van der Waals surface area contributed by atoms with Gasteiger partial charge in [-0.2, -0.15) is 10.2 Å². The zero-order chi connectivity index (χ0) is 17.7. The topological polar surface area (TPSA) is 107 Å². The fourth-order valence-electron chi connectivity index (χ4n) is 3.77. The first kappa shape index (κ1) is 15.7. The van der Waals surface area contributed by atoms with Gasteiger partial charge in [-0.05, 0) is 13.0 Å². The van der Waals surface area contributed by atoms with Crippen LogP contribution in [0.25, 0.3) is 0 Å². The standard InChI is InChI=1S/C16H20N6O3/c1-9-5-13-11(8-21(9)16(24)25)14-15(23)20(2)6-10(7-22(14)19-13)12-3-4-17-18-12/h3-4,9-10H,5-8H2,1-2H3,(H,17,18)(H,24,25)/t9-,10?/m1/s1. The van der Waals surface area contributed by atoms with Crippen molar-refractivity contribution in [2.45, 2.75) is 38.4 Å². The van der Waals surface area contributed by atoms with Crippen molar-refractivity contribution in [3.05, 3.63) is 34.9 Å². The Morgan fingerprint density at radius 2 is 2.20 bits per heavy atom. The smallest absolute Gasteiger partial charge is 0.407 e. The molecule has 0 spiro atoms. The number of hydrogen-bond donors (Lipinski definition) is 2. The van der Waals surface area contributed by atoms with E-state index in [9.17, 15) is 14.7 Å². The second-order valence-electron chi connectivity index (χ2n) is 6.80. The quantitative estimate of drug-likeness (QED) is 0.799. The first-order valence-electron chi connectivity index (χ1n) is 8.29. The Bertz CT molecular complexity index is 827. The molecule has 0 saturated carbocycles. The van der Waals surface area contributed by atoms with Crippen LogP contribution in [-0.4, -0.2) is 66.5 Å². The van der Waals surface area contributed by atoms with Crippen molar-refractivity contribution in [1.29, 1.82) is 0 Å². The highest BCUT2D eigenvalue weighted by Crippen LogP contribution is 2.30. The van der Waals surface area contributed by atoms with Crippen molar-refractivity contribution in [3.8, 4) is 0 Å². The van der Waals surface area contributed by atoms with Crippen molar-refractivity contribution >= 4 is 12.0 Å². The molecule has 4 rings (SSSR count). The second-order valence-corrected chi connectivity index (χ2v) is 6.80. The van der Waals surface area contributed by atoms with Crippen LogP contribution in [0, 0.1) is 0 Å². The summed E-state index contributed by atoms with van der Waals surface area (Å²) in [6.45, 7) is 3.15. The number of rotatable bonds is 1. The Labute approximate surface area is 144 Å². The molecule has 2 aromatic heterocycles. The highest BCUT2D eigenvalue weighted by molar-refractivity contribution is 5.94. The predicted octanol–water partition coefficient (Wildman–Crippen LogP) is 0.900. The molecule has 0 aliphatic carbocycles. The minimum atomic E-state index is -0.970. The van der Waals surface area contributed by atoms with E-state index in [1.54, 1.807) is 22.8 Å².